The Kier molecular flexibility index (Phi) is 6.49. The van der Waals surface area contributed by atoms with Crippen LogP contribution < -0.4 is 33.3 Å². The first-order chi connectivity index (χ1) is 10.4. The largest absolute Gasteiger partial charge is 1.00 e. The van der Waals surface area contributed by atoms with Crippen molar-refractivity contribution in [1.29, 1.82) is 0 Å². The average molecular weight is 428 g/mol. The number of aryl methyl sites for hydroxylation is 2. The lowest BCUT2D eigenvalue weighted by molar-refractivity contribution is -0.673. The molecule has 2 aromatic rings. The standard InChI is InChI=1S/C16H16N2O4.HI/c1-11-6-7-17(2)13(8-11)5-4-12-9-14(18(20)21)10-15(22-3)16(12)19;/h4-10H,1-3H3;1H. The van der Waals surface area contributed by atoms with E-state index in [9.17, 15) is 15.2 Å². The Morgan fingerprint density at radius 3 is 2.61 bits per heavy atom. The molecule has 6 nitrogen and oxygen atoms in total. The van der Waals surface area contributed by atoms with Crippen LogP contribution in [0.25, 0.3) is 12.2 Å². The second kappa shape index (κ2) is 7.91. The number of aromatic nitrogens is 1. The first-order valence-corrected chi connectivity index (χ1v) is 6.62. The van der Waals surface area contributed by atoms with Crippen molar-refractivity contribution in [2.75, 3.05) is 7.11 Å². The van der Waals surface area contributed by atoms with Gasteiger partial charge in [-0.2, -0.15) is 0 Å². The minimum Gasteiger partial charge on any atom is -1.00 e. The highest BCUT2D eigenvalue weighted by Crippen LogP contribution is 2.35. The highest BCUT2D eigenvalue weighted by atomic mass is 127. The van der Waals surface area contributed by atoms with Crippen LogP contribution in [0.3, 0.4) is 0 Å². The summed E-state index contributed by atoms with van der Waals surface area (Å²) < 4.78 is 6.89. The molecule has 1 N–H and O–H groups in total. The Morgan fingerprint density at radius 2 is 2.00 bits per heavy atom. The smallest absolute Gasteiger partial charge is 0.274 e. The molecule has 0 aliphatic carbocycles. The summed E-state index contributed by atoms with van der Waals surface area (Å²) in [6.45, 7) is 1.98. The number of non-ortho nitro benzene ring substituents is 1. The number of methoxy groups -OCH3 is 1. The van der Waals surface area contributed by atoms with Crippen LogP contribution in [0.15, 0.2) is 30.5 Å². The molecule has 0 bridgehead atoms. The van der Waals surface area contributed by atoms with Crippen molar-refractivity contribution in [3.05, 3.63) is 57.4 Å². The Hall–Kier alpha value is -2.16. The molecule has 0 aliphatic rings. The third-order valence-electron chi connectivity index (χ3n) is 3.30. The molecule has 1 aromatic heterocycles. The van der Waals surface area contributed by atoms with Crippen molar-refractivity contribution in [3.63, 3.8) is 0 Å². The molecule has 0 fully saturated rings. The number of nitro benzene ring substituents is 1. The van der Waals surface area contributed by atoms with E-state index in [1.54, 1.807) is 12.2 Å². The van der Waals surface area contributed by atoms with Gasteiger partial charge in [0.1, 0.15) is 7.05 Å². The molecular formula is C16H17IN2O4. The molecular weight excluding hydrogens is 411 g/mol. The number of nitrogens with zero attached hydrogens (tertiary/aromatic N) is 2. The Morgan fingerprint density at radius 1 is 1.30 bits per heavy atom. The number of rotatable bonds is 4. The highest BCUT2D eigenvalue weighted by Gasteiger charge is 2.15. The second-order valence-electron chi connectivity index (χ2n) is 4.92. The van der Waals surface area contributed by atoms with Crippen LogP contribution in [0.1, 0.15) is 16.8 Å². The van der Waals surface area contributed by atoms with Gasteiger partial charge in [-0.3, -0.25) is 10.1 Å². The van der Waals surface area contributed by atoms with Crippen LogP contribution in [0.5, 0.6) is 11.5 Å². The zero-order chi connectivity index (χ0) is 16.3. The van der Waals surface area contributed by atoms with Gasteiger partial charge in [0.25, 0.3) is 5.69 Å². The molecule has 2 rings (SSSR count). The van der Waals surface area contributed by atoms with E-state index in [1.165, 1.54) is 19.2 Å². The summed E-state index contributed by atoms with van der Waals surface area (Å²) in [6, 6.07) is 6.46. The fourth-order valence-corrected chi connectivity index (χ4v) is 2.04. The summed E-state index contributed by atoms with van der Waals surface area (Å²) in [6.07, 6.45) is 5.33. The minimum absolute atomic E-state index is 0. The van der Waals surface area contributed by atoms with Crippen molar-refractivity contribution in [1.82, 2.24) is 0 Å². The van der Waals surface area contributed by atoms with Gasteiger partial charge in [-0.25, -0.2) is 4.57 Å². The number of hydrogen-bond acceptors (Lipinski definition) is 4. The SMILES string of the molecule is COc1cc([N+](=O)[O-])cc(/C=C/c2cc(C)cc[n+]2C)c1O.[I-]. The van der Waals surface area contributed by atoms with Crippen molar-refractivity contribution >= 4 is 17.8 Å². The van der Waals surface area contributed by atoms with E-state index in [2.05, 4.69) is 0 Å². The normalized spacial score (nSPS) is 10.4. The molecule has 1 heterocycles. The quantitative estimate of drug-likeness (QED) is 0.312. The number of pyridine rings is 1. The number of aromatic hydroxyl groups is 1. The minimum atomic E-state index is -0.522. The van der Waals surface area contributed by atoms with E-state index in [-0.39, 0.29) is 41.2 Å². The first-order valence-electron chi connectivity index (χ1n) is 6.62. The van der Waals surface area contributed by atoms with Crippen molar-refractivity contribution < 1.29 is 43.3 Å². The molecule has 7 heteroatoms. The summed E-state index contributed by atoms with van der Waals surface area (Å²) >= 11 is 0. The zero-order valence-corrected chi connectivity index (χ0v) is 15.1. The topological polar surface area (TPSA) is 76.5 Å². The van der Waals surface area contributed by atoms with Gasteiger partial charge in [0.05, 0.1) is 18.1 Å². The molecule has 0 radical (unpaired) electrons. The average Bonchev–Trinajstić information content (AvgIpc) is 2.49. The van der Waals surface area contributed by atoms with Gasteiger partial charge in [0.2, 0.25) is 5.69 Å². The van der Waals surface area contributed by atoms with E-state index in [0.717, 1.165) is 11.3 Å². The third kappa shape index (κ3) is 4.41. The first kappa shape index (κ1) is 18.9. The lowest BCUT2D eigenvalue weighted by atomic mass is 10.1. The molecule has 0 unspecified atom stereocenters. The molecule has 1 aromatic carbocycles. The summed E-state index contributed by atoms with van der Waals surface area (Å²) in [5.74, 6) is -0.0536. The summed E-state index contributed by atoms with van der Waals surface area (Å²) in [7, 11) is 3.25. The van der Waals surface area contributed by atoms with Gasteiger partial charge < -0.3 is 33.8 Å². The molecule has 23 heavy (non-hydrogen) atoms. The molecule has 0 aliphatic heterocycles. The van der Waals surface area contributed by atoms with Crippen molar-refractivity contribution in [2.45, 2.75) is 6.92 Å². The monoisotopic (exact) mass is 428 g/mol. The van der Waals surface area contributed by atoms with Crippen LogP contribution in [0, 0.1) is 17.0 Å². The predicted molar refractivity (Wildman–Crippen MR) is 82.6 cm³/mol. The fraction of sp³-hybridized carbons (Fsp3) is 0.188. The molecule has 0 saturated heterocycles. The lowest BCUT2D eigenvalue weighted by Gasteiger charge is -2.06. The highest BCUT2D eigenvalue weighted by molar-refractivity contribution is 5.74. The van der Waals surface area contributed by atoms with Gasteiger partial charge in [0.15, 0.2) is 17.7 Å². The van der Waals surface area contributed by atoms with Crippen molar-refractivity contribution in [2.24, 2.45) is 7.05 Å². The summed E-state index contributed by atoms with van der Waals surface area (Å²) in [5.41, 5.74) is 2.19. The Labute approximate surface area is 151 Å². The number of phenolic OH excluding ortho intramolecular Hbond substituents is 1. The van der Waals surface area contributed by atoms with Gasteiger partial charge in [-0.15, -0.1) is 0 Å². The predicted octanol–water partition coefficient (Wildman–Crippen LogP) is -0.384. The number of ether oxygens (including phenoxy) is 1. The van der Waals surface area contributed by atoms with E-state index < -0.39 is 4.92 Å². The number of benzene rings is 1. The van der Waals surface area contributed by atoms with Crippen LogP contribution >= 0.6 is 0 Å². The molecule has 122 valence electrons. The number of halogens is 1. The van der Waals surface area contributed by atoms with Gasteiger partial charge in [-0.05, 0) is 18.6 Å². The van der Waals surface area contributed by atoms with Crippen LogP contribution in [-0.4, -0.2) is 17.1 Å². The Bertz CT molecular complexity index is 760. The maximum atomic E-state index is 10.9. The molecule has 0 saturated carbocycles. The second-order valence-corrected chi connectivity index (χ2v) is 4.92. The number of hydrogen-bond donors (Lipinski definition) is 1. The maximum Gasteiger partial charge on any atom is 0.274 e. The zero-order valence-electron chi connectivity index (χ0n) is 13.0. The Balaban J connectivity index is 0.00000264. The maximum absolute atomic E-state index is 10.9. The van der Waals surface area contributed by atoms with Gasteiger partial charge in [-0.1, -0.05) is 0 Å². The van der Waals surface area contributed by atoms with Gasteiger partial charge in [0, 0.05) is 29.8 Å². The number of phenols is 1. The molecule has 0 spiro atoms. The lowest BCUT2D eigenvalue weighted by Crippen LogP contribution is -3.00. The van der Waals surface area contributed by atoms with E-state index in [4.69, 9.17) is 4.74 Å². The van der Waals surface area contributed by atoms with Crippen LogP contribution in [0.2, 0.25) is 0 Å². The van der Waals surface area contributed by atoms with Crippen LogP contribution in [-0.2, 0) is 7.05 Å². The van der Waals surface area contributed by atoms with E-state index in [0.29, 0.717) is 5.56 Å². The molecule has 0 atom stereocenters. The molecule has 0 amide bonds. The summed E-state index contributed by atoms with van der Waals surface area (Å²) in [5, 5.41) is 21.0. The fourth-order valence-electron chi connectivity index (χ4n) is 2.04. The third-order valence-corrected chi connectivity index (χ3v) is 3.30. The number of nitro groups is 1. The van der Waals surface area contributed by atoms with Gasteiger partial charge >= 0.3 is 0 Å². The summed E-state index contributed by atoms with van der Waals surface area (Å²) in [4.78, 5) is 10.4. The van der Waals surface area contributed by atoms with E-state index >= 15 is 0 Å². The van der Waals surface area contributed by atoms with E-state index in [1.807, 2.05) is 36.9 Å². The van der Waals surface area contributed by atoms with Crippen LogP contribution in [0.4, 0.5) is 5.69 Å². The van der Waals surface area contributed by atoms with Crippen molar-refractivity contribution in [3.8, 4) is 11.5 Å².